The van der Waals surface area contributed by atoms with Gasteiger partial charge in [0.15, 0.2) is 5.84 Å². The van der Waals surface area contributed by atoms with Crippen LogP contribution in [0.4, 0.5) is 10.1 Å². The molecule has 0 aliphatic rings. The minimum Gasteiger partial charge on any atom is -0.409 e. The molecule has 0 radical (unpaired) electrons. The highest BCUT2D eigenvalue weighted by Gasteiger charge is 2.14. The highest BCUT2D eigenvalue weighted by molar-refractivity contribution is 5.98. The van der Waals surface area contributed by atoms with Crippen molar-refractivity contribution in [3.05, 3.63) is 29.6 Å². The second kappa shape index (κ2) is 6.72. The standard InChI is InChI=1S/C13H18FN3O2/c1-3-4-8(2)13(18)16-11-6-5-9(7-10(11)14)12(15)17-19/h5-8,19H,3-4H2,1-2H3,(H2,15,17)(H,16,18). The quantitative estimate of drug-likeness (QED) is 0.331. The first-order chi connectivity index (χ1) is 8.99. The van der Waals surface area contributed by atoms with Gasteiger partial charge in [-0.25, -0.2) is 4.39 Å². The van der Waals surface area contributed by atoms with Gasteiger partial charge in [0.05, 0.1) is 5.69 Å². The topological polar surface area (TPSA) is 87.7 Å². The van der Waals surface area contributed by atoms with Crippen LogP contribution in [0.15, 0.2) is 23.4 Å². The van der Waals surface area contributed by atoms with Crippen LogP contribution in [0.2, 0.25) is 0 Å². The smallest absolute Gasteiger partial charge is 0.227 e. The molecule has 1 aromatic carbocycles. The maximum atomic E-state index is 13.7. The van der Waals surface area contributed by atoms with Crippen molar-refractivity contribution in [2.45, 2.75) is 26.7 Å². The third-order valence-corrected chi connectivity index (χ3v) is 2.80. The Morgan fingerprint density at radius 3 is 2.79 bits per heavy atom. The van der Waals surface area contributed by atoms with Gasteiger partial charge in [0.25, 0.3) is 0 Å². The van der Waals surface area contributed by atoms with Gasteiger partial charge in [-0.05, 0) is 24.6 Å². The summed E-state index contributed by atoms with van der Waals surface area (Å²) in [5.74, 6) is -1.21. The number of nitrogens with zero attached hydrogens (tertiary/aromatic N) is 1. The van der Waals surface area contributed by atoms with Crippen molar-refractivity contribution < 1.29 is 14.4 Å². The Bertz CT molecular complexity index is 489. The molecule has 1 aromatic rings. The van der Waals surface area contributed by atoms with E-state index in [0.29, 0.717) is 0 Å². The van der Waals surface area contributed by atoms with Gasteiger partial charge in [-0.2, -0.15) is 0 Å². The molecule has 1 unspecified atom stereocenters. The number of nitrogens with one attached hydrogen (secondary N) is 1. The van der Waals surface area contributed by atoms with E-state index in [-0.39, 0.29) is 28.9 Å². The number of anilines is 1. The molecule has 4 N–H and O–H groups in total. The first-order valence-corrected chi connectivity index (χ1v) is 6.07. The van der Waals surface area contributed by atoms with Crippen LogP contribution in [0.5, 0.6) is 0 Å². The summed E-state index contributed by atoms with van der Waals surface area (Å²) in [5, 5.41) is 13.8. The molecule has 0 bridgehead atoms. The van der Waals surface area contributed by atoms with Crippen molar-refractivity contribution in [3.8, 4) is 0 Å². The Morgan fingerprint density at radius 1 is 1.58 bits per heavy atom. The summed E-state index contributed by atoms with van der Waals surface area (Å²) in [6.45, 7) is 3.78. The van der Waals surface area contributed by atoms with Crippen molar-refractivity contribution in [1.82, 2.24) is 0 Å². The third-order valence-electron chi connectivity index (χ3n) is 2.80. The molecule has 0 saturated heterocycles. The van der Waals surface area contributed by atoms with Crippen LogP contribution >= 0.6 is 0 Å². The van der Waals surface area contributed by atoms with E-state index in [1.165, 1.54) is 12.1 Å². The molecule has 0 saturated carbocycles. The molecule has 0 heterocycles. The van der Waals surface area contributed by atoms with Gasteiger partial charge in [-0.1, -0.05) is 25.4 Å². The number of hydrogen-bond donors (Lipinski definition) is 3. The average molecular weight is 267 g/mol. The molecule has 104 valence electrons. The Hall–Kier alpha value is -2.11. The summed E-state index contributed by atoms with van der Waals surface area (Å²) in [4.78, 5) is 11.8. The first-order valence-electron chi connectivity index (χ1n) is 6.07. The molecule has 1 atom stereocenters. The van der Waals surface area contributed by atoms with E-state index in [0.717, 1.165) is 18.9 Å². The summed E-state index contributed by atoms with van der Waals surface area (Å²) < 4.78 is 13.7. The minimum absolute atomic E-state index is 0.0856. The van der Waals surface area contributed by atoms with Gasteiger partial charge < -0.3 is 16.3 Å². The molecule has 0 aliphatic heterocycles. The predicted octanol–water partition coefficient (Wildman–Crippen LogP) is 2.29. The zero-order chi connectivity index (χ0) is 14.4. The maximum Gasteiger partial charge on any atom is 0.227 e. The van der Waals surface area contributed by atoms with Crippen LogP contribution in [-0.4, -0.2) is 17.0 Å². The van der Waals surface area contributed by atoms with E-state index in [2.05, 4.69) is 10.5 Å². The fourth-order valence-corrected chi connectivity index (χ4v) is 1.65. The summed E-state index contributed by atoms with van der Waals surface area (Å²) >= 11 is 0. The molecule has 0 aromatic heterocycles. The number of halogens is 1. The molecular formula is C13H18FN3O2. The number of carbonyl (C=O) groups is 1. The van der Waals surface area contributed by atoms with Crippen LogP contribution in [0.3, 0.4) is 0 Å². The van der Waals surface area contributed by atoms with Crippen molar-refractivity contribution in [3.63, 3.8) is 0 Å². The third kappa shape index (κ3) is 3.94. The average Bonchev–Trinajstić information content (AvgIpc) is 2.40. The van der Waals surface area contributed by atoms with Crippen LogP contribution in [0.1, 0.15) is 32.3 Å². The largest absolute Gasteiger partial charge is 0.409 e. The number of amidine groups is 1. The van der Waals surface area contributed by atoms with E-state index < -0.39 is 5.82 Å². The fourth-order valence-electron chi connectivity index (χ4n) is 1.65. The van der Waals surface area contributed by atoms with E-state index in [9.17, 15) is 9.18 Å². The van der Waals surface area contributed by atoms with Crippen LogP contribution in [-0.2, 0) is 4.79 Å². The van der Waals surface area contributed by atoms with Gasteiger partial charge in [-0.3, -0.25) is 4.79 Å². The van der Waals surface area contributed by atoms with Gasteiger partial charge in [0.1, 0.15) is 5.82 Å². The lowest BCUT2D eigenvalue weighted by atomic mass is 10.1. The summed E-state index contributed by atoms with van der Waals surface area (Å²) in [7, 11) is 0. The number of amides is 1. The Kier molecular flexibility index (Phi) is 5.29. The summed E-state index contributed by atoms with van der Waals surface area (Å²) in [5.41, 5.74) is 5.68. The van der Waals surface area contributed by atoms with Crippen molar-refractivity contribution >= 4 is 17.4 Å². The summed E-state index contributed by atoms with van der Waals surface area (Å²) in [6.07, 6.45) is 1.63. The Labute approximate surface area is 111 Å². The second-order valence-electron chi connectivity index (χ2n) is 4.36. The number of rotatable bonds is 5. The monoisotopic (exact) mass is 267 g/mol. The molecule has 0 fully saturated rings. The van der Waals surface area contributed by atoms with Crippen LogP contribution in [0.25, 0.3) is 0 Å². The predicted molar refractivity (Wildman–Crippen MR) is 71.6 cm³/mol. The van der Waals surface area contributed by atoms with Crippen molar-refractivity contribution in [2.24, 2.45) is 16.8 Å². The normalized spacial score (nSPS) is 13.1. The number of benzene rings is 1. The second-order valence-corrected chi connectivity index (χ2v) is 4.36. The van der Waals surface area contributed by atoms with Gasteiger partial charge in [-0.15, -0.1) is 0 Å². The number of oxime groups is 1. The molecule has 19 heavy (non-hydrogen) atoms. The SMILES string of the molecule is CCCC(C)C(=O)Nc1ccc(/C(N)=N/O)cc1F. The molecule has 0 spiro atoms. The van der Waals surface area contributed by atoms with E-state index in [1.54, 1.807) is 6.92 Å². The Morgan fingerprint density at radius 2 is 2.26 bits per heavy atom. The molecule has 1 rings (SSSR count). The van der Waals surface area contributed by atoms with Gasteiger partial charge in [0, 0.05) is 11.5 Å². The lowest BCUT2D eigenvalue weighted by Crippen LogP contribution is -2.21. The van der Waals surface area contributed by atoms with Gasteiger partial charge in [0.2, 0.25) is 5.91 Å². The van der Waals surface area contributed by atoms with Crippen LogP contribution in [0, 0.1) is 11.7 Å². The molecule has 6 heteroatoms. The Balaban J connectivity index is 2.83. The lowest BCUT2D eigenvalue weighted by molar-refractivity contribution is -0.119. The lowest BCUT2D eigenvalue weighted by Gasteiger charge is -2.12. The molecule has 1 amide bonds. The number of hydrogen-bond acceptors (Lipinski definition) is 3. The van der Waals surface area contributed by atoms with Gasteiger partial charge >= 0.3 is 0 Å². The van der Waals surface area contributed by atoms with Crippen molar-refractivity contribution in [1.29, 1.82) is 0 Å². The highest BCUT2D eigenvalue weighted by Crippen LogP contribution is 2.17. The van der Waals surface area contributed by atoms with E-state index >= 15 is 0 Å². The minimum atomic E-state index is -0.624. The molecular weight excluding hydrogens is 249 g/mol. The number of carbonyl (C=O) groups excluding carboxylic acids is 1. The van der Waals surface area contributed by atoms with Crippen LogP contribution < -0.4 is 11.1 Å². The zero-order valence-electron chi connectivity index (χ0n) is 11.0. The maximum absolute atomic E-state index is 13.7. The fraction of sp³-hybridized carbons (Fsp3) is 0.385. The zero-order valence-corrected chi connectivity index (χ0v) is 11.0. The highest BCUT2D eigenvalue weighted by atomic mass is 19.1. The summed E-state index contributed by atoms with van der Waals surface area (Å²) in [6, 6.07) is 3.96. The van der Waals surface area contributed by atoms with E-state index in [1.807, 2.05) is 6.92 Å². The molecule has 5 nitrogen and oxygen atoms in total. The van der Waals surface area contributed by atoms with E-state index in [4.69, 9.17) is 10.9 Å². The molecule has 0 aliphatic carbocycles. The van der Waals surface area contributed by atoms with Crippen molar-refractivity contribution in [2.75, 3.05) is 5.32 Å². The first kappa shape index (κ1) is 14.9. The number of nitrogens with two attached hydrogens (primary N) is 1.